The van der Waals surface area contributed by atoms with Crippen LogP contribution in [0.4, 0.5) is 34.1 Å². The molecule has 4 aromatic heterocycles. The second kappa shape index (κ2) is 24.0. The van der Waals surface area contributed by atoms with E-state index >= 15 is 0 Å². The van der Waals surface area contributed by atoms with Gasteiger partial charge in [0, 0.05) is 72.4 Å². The number of pyridine rings is 2. The van der Waals surface area contributed by atoms with Crippen molar-refractivity contribution in [3.05, 3.63) is 364 Å². The van der Waals surface area contributed by atoms with Gasteiger partial charge in [-0.25, -0.2) is 9.97 Å². The van der Waals surface area contributed by atoms with Gasteiger partial charge in [-0.3, -0.25) is 9.13 Å². The molecule has 0 N–H and O–H groups in total. The highest BCUT2D eigenvalue weighted by molar-refractivity contribution is 6.12. The lowest BCUT2D eigenvalue weighted by Gasteiger charge is -2.25. The second-order valence-electron chi connectivity index (χ2n) is 23.7. The van der Waals surface area contributed by atoms with Gasteiger partial charge in [-0.05, 0) is 172 Å². The van der Waals surface area contributed by atoms with Gasteiger partial charge in [0.15, 0.2) is 0 Å². The summed E-state index contributed by atoms with van der Waals surface area (Å²) in [5.41, 5.74) is 23.4. The monoisotopic (exact) mass is 1200 g/mol. The van der Waals surface area contributed by atoms with Crippen molar-refractivity contribution < 1.29 is 0 Å². The highest BCUT2D eigenvalue weighted by Crippen LogP contribution is 2.45. The quantitative estimate of drug-likeness (QED) is 0.109. The first-order chi connectivity index (χ1) is 46.6. The van der Waals surface area contributed by atoms with E-state index in [1.165, 1.54) is 10.8 Å². The number of rotatable bonds is 14. The molecule has 0 unspecified atom stereocenters. The maximum absolute atomic E-state index is 5.87. The smallest absolute Gasteiger partial charge is 0.140 e. The standard InChI is InChI=1S/C88H60N6/c1-7-25-63(26-8-1)81-54-53-78(88(89-81)64-27-9-2-10-28-64)75-38-20-19-37-74(75)67-59-86(93-82-41-23-21-39-76(82)77-40-22-24-42-83(77)93)90-87(60-67)94-84-55-47-65(61-43-49-72(50-44-61)91(68-29-11-3-12-30-68)69-31-13-4-14-32-69)57-79(84)80-58-66(48-56-85(80)94)62-45-51-73(52-46-62)92(70-33-15-5-16-34-70)71-35-17-6-18-36-71/h1-60H. The van der Waals surface area contributed by atoms with E-state index in [1.807, 2.05) is 0 Å². The zero-order chi connectivity index (χ0) is 62.3. The molecular formula is C88H60N6. The van der Waals surface area contributed by atoms with Crippen molar-refractivity contribution in [3.63, 3.8) is 0 Å². The molecule has 0 atom stereocenters. The van der Waals surface area contributed by atoms with Gasteiger partial charge in [0.25, 0.3) is 0 Å². The summed E-state index contributed by atoms with van der Waals surface area (Å²) in [4.78, 5) is 16.0. The Morgan fingerprint density at radius 3 is 1.00 bits per heavy atom. The number of anilines is 6. The van der Waals surface area contributed by atoms with Crippen LogP contribution in [-0.2, 0) is 0 Å². The minimum absolute atomic E-state index is 0.794. The molecule has 0 aliphatic rings. The number of fused-ring (bicyclic) bond motifs is 6. The molecule has 0 saturated carbocycles. The molecule has 0 radical (unpaired) electrons. The molecule has 0 saturated heterocycles. The van der Waals surface area contributed by atoms with Gasteiger partial charge in [0.1, 0.15) is 11.6 Å². The maximum Gasteiger partial charge on any atom is 0.140 e. The van der Waals surface area contributed by atoms with Gasteiger partial charge in [0.2, 0.25) is 0 Å². The molecule has 0 amide bonds. The van der Waals surface area contributed by atoms with Crippen LogP contribution in [0.15, 0.2) is 364 Å². The van der Waals surface area contributed by atoms with Crippen molar-refractivity contribution in [2.45, 2.75) is 0 Å². The molecular weight excluding hydrogens is 1140 g/mol. The predicted molar refractivity (Wildman–Crippen MR) is 393 cm³/mol. The van der Waals surface area contributed by atoms with E-state index in [0.29, 0.717) is 0 Å². The third-order valence-corrected chi connectivity index (χ3v) is 18.1. The lowest BCUT2D eigenvalue weighted by Crippen LogP contribution is -2.09. The van der Waals surface area contributed by atoms with Crippen LogP contribution >= 0.6 is 0 Å². The van der Waals surface area contributed by atoms with Crippen molar-refractivity contribution in [1.82, 2.24) is 19.1 Å². The van der Waals surface area contributed by atoms with E-state index in [4.69, 9.17) is 9.97 Å². The molecule has 13 aromatic carbocycles. The maximum atomic E-state index is 5.87. The highest BCUT2D eigenvalue weighted by atomic mass is 15.2. The SMILES string of the molecule is c1ccc(-c2ccc(-c3ccccc3-c3cc(-n4c5ccccc5c5ccccc54)nc(-n4c5ccc(-c6ccc(N(c7ccccc7)c7ccccc7)cc6)cc5c5cc(-c6ccc(N(c7ccccc7)c7ccccc7)cc6)ccc54)c3)c(-c3ccccc3)n2)cc1. The lowest BCUT2D eigenvalue weighted by atomic mass is 9.91. The summed E-state index contributed by atoms with van der Waals surface area (Å²) in [6.45, 7) is 0. The molecule has 0 spiro atoms. The van der Waals surface area contributed by atoms with Crippen LogP contribution in [0.25, 0.3) is 122 Å². The fourth-order valence-corrected chi connectivity index (χ4v) is 13.7. The van der Waals surface area contributed by atoms with Crippen molar-refractivity contribution in [3.8, 4) is 78.7 Å². The predicted octanol–water partition coefficient (Wildman–Crippen LogP) is 23.6. The summed E-state index contributed by atoms with van der Waals surface area (Å²) in [5.74, 6) is 1.60. The fourth-order valence-electron chi connectivity index (χ4n) is 13.7. The molecule has 0 aliphatic heterocycles. The lowest BCUT2D eigenvalue weighted by molar-refractivity contribution is 1.01. The van der Waals surface area contributed by atoms with Crippen molar-refractivity contribution in [2.75, 3.05) is 9.80 Å². The van der Waals surface area contributed by atoms with Gasteiger partial charge in [-0.2, -0.15) is 0 Å². The highest BCUT2D eigenvalue weighted by Gasteiger charge is 2.23. The van der Waals surface area contributed by atoms with Crippen molar-refractivity contribution in [1.29, 1.82) is 0 Å². The van der Waals surface area contributed by atoms with Gasteiger partial charge in [-0.1, -0.05) is 231 Å². The summed E-state index contributed by atoms with van der Waals surface area (Å²) in [7, 11) is 0. The molecule has 0 fully saturated rings. The number of hydrogen-bond acceptors (Lipinski definition) is 4. The summed E-state index contributed by atoms with van der Waals surface area (Å²) >= 11 is 0. The zero-order valence-electron chi connectivity index (χ0n) is 51.3. The first-order valence-electron chi connectivity index (χ1n) is 32.0. The Kier molecular flexibility index (Phi) is 14.1. The average Bonchev–Trinajstić information content (AvgIpc) is 1.56. The van der Waals surface area contributed by atoms with Gasteiger partial charge in [0.05, 0.1) is 33.5 Å². The minimum Gasteiger partial charge on any atom is -0.311 e. The Morgan fingerprint density at radius 2 is 0.553 bits per heavy atom. The molecule has 0 bridgehead atoms. The van der Waals surface area contributed by atoms with Gasteiger partial charge >= 0.3 is 0 Å². The van der Waals surface area contributed by atoms with E-state index in [9.17, 15) is 0 Å². The minimum atomic E-state index is 0.794. The van der Waals surface area contributed by atoms with Gasteiger partial charge in [-0.15, -0.1) is 0 Å². The van der Waals surface area contributed by atoms with E-state index in [0.717, 1.165) is 146 Å². The van der Waals surface area contributed by atoms with Crippen LogP contribution in [0.1, 0.15) is 0 Å². The topological polar surface area (TPSA) is 42.1 Å². The number of benzene rings is 13. The van der Waals surface area contributed by atoms with E-state index in [-0.39, 0.29) is 0 Å². The largest absolute Gasteiger partial charge is 0.311 e. The van der Waals surface area contributed by atoms with Crippen LogP contribution in [0.2, 0.25) is 0 Å². The molecule has 4 heterocycles. The first kappa shape index (κ1) is 55.4. The van der Waals surface area contributed by atoms with Gasteiger partial charge < -0.3 is 9.80 Å². The Morgan fingerprint density at radius 1 is 0.202 bits per heavy atom. The van der Waals surface area contributed by atoms with Crippen molar-refractivity contribution >= 4 is 77.7 Å². The zero-order valence-corrected chi connectivity index (χ0v) is 51.3. The Labute approximate surface area is 546 Å². The summed E-state index contributed by atoms with van der Waals surface area (Å²) in [5, 5.41) is 4.58. The third-order valence-electron chi connectivity index (χ3n) is 18.1. The molecule has 17 rings (SSSR count). The number of nitrogens with zero attached hydrogens (tertiary/aromatic N) is 6. The van der Waals surface area contributed by atoms with Crippen LogP contribution < -0.4 is 9.80 Å². The molecule has 6 heteroatoms. The normalized spacial score (nSPS) is 11.4. The Bertz CT molecular complexity index is 5260. The van der Waals surface area contributed by atoms with Crippen LogP contribution in [0.3, 0.4) is 0 Å². The Balaban J connectivity index is 0.872. The number of para-hydroxylation sites is 6. The summed E-state index contributed by atoms with van der Waals surface area (Å²) < 4.78 is 4.73. The van der Waals surface area contributed by atoms with E-state index in [2.05, 4.69) is 383 Å². The Hall–Kier alpha value is -12.6. The molecule has 442 valence electrons. The fraction of sp³-hybridized carbons (Fsp3) is 0. The number of aromatic nitrogens is 4. The van der Waals surface area contributed by atoms with Crippen molar-refractivity contribution in [2.24, 2.45) is 0 Å². The summed E-state index contributed by atoms with van der Waals surface area (Å²) in [6.07, 6.45) is 0. The van der Waals surface area contributed by atoms with E-state index in [1.54, 1.807) is 0 Å². The van der Waals surface area contributed by atoms with Crippen LogP contribution in [0, 0.1) is 0 Å². The average molecular weight is 1200 g/mol. The molecule has 17 aromatic rings. The number of hydrogen-bond donors (Lipinski definition) is 0. The van der Waals surface area contributed by atoms with E-state index < -0.39 is 0 Å². The molecule has 94 heavy (non-hydrogen) atoms. The third kappa shape index (κ3) is 10.1. The van der Waals surface area contributed by atoms with Crippen LogP contribution in [-0.4, -0.2) is 19.1 Å². The molecule has 6 nitrogen and oxygen atoms in total. The van der Waals surface area contributed by atoms with Crippen LogP contribution in [0.5, 0.6) is 0 Å². The second-order valence-corrected chi connectivity index (χ2v) is 23.7. The molecule has 0 aliphatic carbocycles. The first-order valence-corrected chi connectivity index (χ1v) is 32.0. The summed E-state index contributed by atoms with van der Waals surface area (Å²) in [6, 6.07) is 130.